The largest absolute Gasteiger partial charge is 0.522 e. The van der Waals surface area contributed by atoms with Crippen LogP contribution in [0.15, 0.2) is 170 Å². The molecule has 353 valence electrons. The minimum atomic E-state index is -5.84. The Bertz CT molecular complexity index is 2900. The van der Waals surface area contributed by atoms with Gasteiger partial charge in [0.1, 0.15) is 0 Å². The van der Waals surface area contributed by atoms with E-state index in [4.69, 9.17) is 25.9 Å². The third-order valence-corrected chi connectivity index (χ3v) is 16.4. The molecule has 8 aromatic rings. The van der Waals surface area contributed by atoms with Crippen molar-refractivity contribution in [3.63, 3.8) is 0 Å². The van der Waals surface area contributed by atoms with Crippen LogP contribution in [0.25, 0.3) is 32.7 Å². The second-order valence-electron chi connectivity index (χ2n) is 15.2. The van der Waals surface area contributed by atoms with Crippen molar-refractivity contribution in [1.82, 2.24) is 0 Å². The molecule has 0 unspecified atom stereocenters. The number of fused-ring (bicyclic) bond motifs is 2. The predicted octanol–water partition coefficient (Wildman–Crippen LogP) is 11.2. The van der Waals surface area contributed by atoms with E-state index in [1.165, 1.54) is 86.8 Å². The van der Waals surface area contributed by atoms with E-state index < -0.39 is 47.1 Å². The summed E-state index contributed by atoms with van der Waals surface area (Å²) in [7, 11) is -13.5. The van der Waals surface area contributed by atoms with Crippen molar-refractivity contribution < 1.29 is 69.4 Å². The monoisotopic (exact) mass is 1040 g/mol. The SMILES string of the molecule is Cc1ccc(P(c2ccc(C)cc2)c2ccc3ccccc3c2-c2c(P(c3ccc(C)cc3)c3ccc(C)cc3)ccc3ccccc23)cc1.O=S(=O)(O)C(F)(F)F.O=S(=O)(O)C(F)(F)F.[Cu]. The van der Waals surface area contributed by atoms with Crippen LogP contribution in [0.3, 0.4) is 0 Å². The Morgan fingerprint density at radius 1 is 0.373 bits per heavy atom. The van der Waals surface area contributed by atoms with Gasteiger partial charge in [0.05, 0.1) is 0 Å². The molecule has 0 amide bonds. The molecule has 0 aromatic heterocycles. The first-order valence-corrected chi connectivity index (χ1v) is 25.5. The van der Waals surface area contributed by atoms with Gasteiger partial charge in [-0.05, 0) is 108 Å². The van der Waals surface area contributed by atoms with Gasteiger partial charge in [0.25, 0.3) is 0 Å². The Morgan fingerprint density at radius 2 is 0.597 bits per heavy atom. The zero-order valence-electron chi connectivity index (χ0n) is 36.0. The Labute approximate surface area is 398 Å². The van der Waals surface area contributed by atoms with Gasteiger partial charge in [-0.25, -0.2) is 0 Å². The van der Waals surface area contributed by atoms with Crippen LogP contribution >= 0.6 is 15.8 Å². The van der Waals surface area contributed by atoms with Crippen LogP contribution in [0.2, 0.25) is 0 Å². The quantitative estimate of drug-likeness (QED) is 0.0541. The summed E-state index contributed by atoms with van der Waals surface area (Å²) in [5, 5.41) is 13.4. The number of benzene rings is 8. The van der Waals surface area contributed by atoms with Crippen LogP contribution in [0.4, 0.5) is 26.3 Å². The molecule has 0 fully saturated rings. The summed E-state index contributed by atoms with van der Waals surface area (Å²) in [5.74, 6) is 0. The smallest absolute Gasteiger partial charge is 0.279 e. The van der Waals surface area contributed by atoms with E-state index in [1.54, 1.807) is 0 Å². The van der Waals surface area contributed by atoms with Crippen LogP contribution < -0.4 is 31.8 Å². The van der Waals surface area contributed by atoms with E-state index in [9.17, 15) is 26.3 Å². The molecule has 0 saturated heterocycles. The van der Waals surface area contributed by atoms with Crippen LogP contribution in [0, 0.1) is 27.7 Å². The van der Waals surface area contributed by atoms with Crippen LogP contribution in [-0.4, -0.2) is 37.0 Å². The van der Waals surface area contributed by atoms with E-state index in [0.717, 1.165) is 0 Å². The van der Waals surface area contributed by atoms with Crippen LogP contribution in [-0.2, 0) is 37.3 Å². The molecule has 0 atom stereocenters. The third-order valence-electron chi connectivity index (χ3n) is 10.3. The van der Waals surface area contributed by atoms with Gasteiger partial charge in [-0.3, -0.25) is 9.11 Å². The van der Waals surface area contributed by atoms with Gasteiger partial charge < -0.3 is 0 Å². The fraction of sp³-hybridized carbons (Fsp3) is 0.120. The van der Waals surface area contributed by atoms with E-state index in [0.29, 0.717) is 0 Å². The first kappa shape index (κ1) is 53.0. The van der Waals surface area contributed by atoms with Gasteiger partial charge >= 0.3 is 31.3 Å². The van der Waals surface area contributed by atoms with E-state index >= 15 is 0 Å². The number of rotatable bonds is 7. The van der Waals surface area contributed by atoms with E-state index in [2.05, 4.69) is 198 Å². The average Bonchev–Trinajstić information content (AvgIpc) is 3.25. The van der Waals surface area contributed by atoms with Crippen molar-refractivity contribution in [1.29, 1.82) is 0 Å². The van der Waals surface area contributed by atoms with Crippen molar-refractivity contribution >= 4 is 89.5 Å². The first-order valence-electron chi connectivity index (χ1n) is 19.9. The van der Waals surface area contributed by atoms with Gasteiger partial charge in [0.2, 0.25) is 0 Å². The molecule has 0 spiro atoms. The molecule has 1 radical (unpaired) electrons. The fourth-order valence-corrected chi connectivity index (χ4v) is 11.9. The van der Waals surface area contributed by atoms with Crippen molar-refractivity contribution in [3.8, 4) is 11.1 Å². The van der Waals surface area contributed by atoms with Crippen molar-refractivity contribution in [2.75, 3.05) is 0 Å². The van der Waals surface area contributed by atoms with Gasteiger partial charge in [-0.1, -0.05) is 192 Å². The molecule has 0 bridgehead atoms. The average molecular weight is 1040 g/mol. The summed E-state index contributed by atoms with van der Waals surface area (Å²) < 4.78 is 115. The standard InChI is InChI=1S/C48H40P2.2CHF3O3S.Cu/c1-33-13-23-39(24-14-33)49(40-25-15-34(2)16-26-40)45-31-21-37-9-5-7-11-43(37)47(45)48-44-12-8-6-10-38(44)22-32-46(48)50(41-27-17-35(3)18-28-41)42-29-19-36(4)20-30-42;2*2-1(3,4)8(5,6)7;/h5-32H,1-4H3;2*(H,5,6,7);. The number of aryl methyl sites for hydroxylation is 4. The Hall–Kier alpha value is -4.94. The minimum Gasteiger partial charge on any atom is -0.279 e. The first-order chi connectivity index (χ1) is 30.9. The summed E-state index contributed by atoms with van der Waals surface area (Å²) in [5.41, 5.74) is -3.23. The molecule has 8 aromatic carbocycles. The Balaban J connectivity index is 0.000000425. The Kier molecular flexibility index (Phi) is 17.1. The summed E-state index contributed by atoms with van der Waals surface area (Å²) >= 11 is 0. The van der Waals surface area contributed by atoms with Crippen molar-refractivity contribution in [2.45, 2.75) is 38.7 Å². The molecule has 17 heteroatoms. The number of alkyl halides is 6. The van der Waals surface area contributed by atoms with Crippen LogP contribution in [0.1, 0.15) is 22.3 Å². The molecule has 0 saturated carbocycles. The summed E-state index contributed by atoms with van der Waals surface area (Å²) in [6, 6.07) is 64.6. The van der Waals surface area contributed by atoms with E-state index in [-0.39, 0.29) is 17.1 Å². The molecule has 0 aliphatic rings. The topological polar surface area (TPSA) is 109 Å². The number of hydrogen-bond acceptors (Lipinski definition) is 4. The third kappa shape index (κ3) is 12.8. The van der Waals surface area contributed by atoms with Crippen molar-refractivity contribution in [2.24, 2.45) is 0 Å². The molecule has 0 aliphatic heterocycles. The molecular weight excluding hydrogens is 1000 g/mol. The zero-order valence-corrected chi connectivity index (χ0v) is 40.3. The molecule has 0 heterocycles. The van der Waals surface area contributed by atoms with Crippen LogP contribution in [0.5, 0.6) is 0 Å². The summed E-state index contributed by atoms with van der Waals surface area (Å²) in [6.07, 6.45) is 0. The van der Waals surface area contributed by atoms with Gasteiger partial charge in [-0.2, -0.15) is 43.2 Å². The number of halogens is 6. The maximum atomic E-state index is 10.7. The number of hydrogen-bond donors (Lipinski definition) is 2. The normalized spacial score (nSPS) is 12.0. The van der Waals surface area contributed by atoms with E-state index in [1.807, 2.05) is 0 Å². The molecule has 67 heavy (non-hydrogen) atoms. The molecule has 2 N–H and O–H groups in total. The molecule has 6 nitrogen and oxygen atoms in total. The van der Waals surface area contributed by atoms with Crippen molar-refractivity contribution in [3.05, 3.63) is 192 Å². The minimum absolute atomic E-state index is 0. The summed E-state index contributed by atoms with van der Waals surface area (Å²) in [4.78, 5) is 0. The predicted molar refractivity (Wildman–Crippen MR) is 258 cm³/mol. The zero-order chi connectivity index (χ0) is 48.2. The van der Waals surface area contributed by atoms with Gasteiger partial charge in [0.15, 0.2) is 0 Å². The van der Waals surface area contributed by atoms with Gasteiger partial charge in [-0.15, -0.1) is 0 Å². The molecular formula is C50H42CuF6O6P2S2. The van der Waals surface area contributed by atoms with Gasteiger partial charge in [0, 0.05) is 17.1 Å². The Morgan fingerprint density at radius 3 is 0.821 bits per heavy atom. The molecule has 0 aliphatic carbocycles. The maximum absolute atomic E-state index is 10.7. The summed E-state index contributed by atoms with van der Waals surface area (Å²) in [6.45, 7) is 8.72. The second kappa shape index (κ2) is 21.6. The second-order valence-corrected chi connectivity index (χ2v) is 22.4. The maximum Gasteiger partial charge on any atom is 0.522 e. The molecule has 8 rings (SSSR count). The fourth-order valence-electron chi connectivity index (χ4n) is 7.05.